The zero-order valence-corrected chi connectivity index (χ0v) is 18.1. The lowest BCUT2D eigenvalue weighted by Crippen LogP contribution is -2.51. The number of carbonyl (C=O) groups excluding carboxylic acids is 1. The predicted molar refractivity (Wildman–Crippen MR) is 116 cm³/mol. The molecule has 4 rings (SSSR count). The summed E-state index contributed by atoms with van der Waals surface area (Å²) in [5.41, 5.74) is 3.86. The SMILES string of the molecule is Cc1cc(C)cc(C2(C(=O)N(Cc3ccccn3)C[C@H]3CCCO3)CCOCC2)c1. The molecular weight excluding hydrogens is 376 g/mol. The standard InChI is InChI=1S/C25H32N2O3/c1-19-14-20(2)16-21(15-19)25(8-12-29-13-9-25)24(28)27(18-23-7-5-11-30-23)17-22-6-3-4-10-26-22/h3-4,6,10,14-16,23H,5,7-9,11-13,17-18H2,1-2H3/t23-/m1/s1. The summed E-state index contributed by atoms with van der Waals surface area (Å²) < 4.78 is 11.6. The summed E-state index contributed by atoms with van der Waals surface area (Å²) in [5.74, 6) is 0.178. The average molecular weight is 409 g/mol. The van der Waals surface area contributed by atoms with Crippen LogP contribution in [0.25, 0.3) is 0 Å². The summed E-state index contributed by atoms with van der Waals surface area (Å²) in [6.07, 6.45) is 5.38. The smallest absolute Gasteiger partial charge is 0.233 e. The van der Waals surface area contributed by atoms with Crippen molar-refractivity contribution in [3.63, 3.8) is 0 Å². The van der Waals surface area contributed by atoms with Gasteiger partial charge in [0.15, 0.2) is 0 Å². The van der Waals surface area contributed by atoms with Crippen LogP contribution in [0.4, 0.5) is 0 Å². The van der Waals surface area contributed by atoms with E-state index in [1.54, 1.807) is 6.20 Å². The second-order valence-corrected chi connectivity index (χ2v) is 8.71. The lowest BCUT2D eigenvalue weighted by atomic mass is 9.72. The third kappa shape index (κ3) is 4.57. The number of hydrogen-bond acceptors (Lipinski definition) is 4. The highest BCUT2D eigenvalue weighted by Crippen LogP contribution is 2.38. The average Bonchev–Trinajstić information content (AvgIpc) is 3.26. The van der Waals surface area contributed by atoms with Gasteiger partial charge in [0.2, 0.25) is 5.91 Å². The first kappa shape index (κ1) is 21.0. The monoisotopic (exact) mass is 408 g/mol. The fourth-order valence-electron chi connectivity index (χ4n) is 4.84. The van der Waals surface area contributed by atoms with Gasteiger partial charge in [-0.15, -0.1) is 0 Å². The molecule has 30 heavy (non-hydrogen) atoms. The van der Waals surface area contributed by atoms with Crippen LogP contribution < -0.4 is 0 Å². The van der Waals surface area contributed by atoms with Gasteiger partial charge >= 0.3 is 0 Å². The number of amides is 1. The van der Waals surface area contributed by atoms with Gasteiger partial charge in [-0.1, -0.05) is 35.4 Å². The van der Waals surface area contributed by atoms with Crippen molar-refractivity contribution in [2.45, 2.75) is 57.6 Å². The molecule has 0 unspecified atom stereocenters. The molecule has 0 saturated carbocycles. The van der Waals surface area contributed by atoms with Crippen LogP contribution in [0.2, 0.25) is 0 Å². The van der Waals surface area contributed by atoms with Crippen LogP contribution in [0.1, 0.15) is 48.1 Å². The Labute approximate surface area is 179 Å². The maximum Gasteiger partial charge on any atom is 0.233 e. The van der Waals surface area contributed by atoms with Gasteiger partial charge in [0.25, 0.3) is 0 Å². The number of aromatic nitrogens is 1. The number of aryl methyl sites for hydroxylation is 2. The molecule has 2 aromatic rings. The van der Waals surface area contributed by atoms with Gasteiger partial charge in [-0.05, 0) is 57.2 Å². The zero-order valence-electron chi connectivity index (χ0n) is 18.1. The third-order valence-corrected chi connectivity index (χ3v) is 6.34. The summed E-state index contributed by atoms with van der Waals surface area (Å²) in [4.78, 5) is 20.7. The van der Waals surface area contributed by atoms with Crippen molar-refractivity contribution in [3.8, 4) is 0 Å². The molecular formula is C25H32N2O3. The summed E-state index contributed by atoms with van der Waals surface area (Å²) in [7, 11) is 0. The Balaban J connectivity index is 1.69. The Kier molecular flexibility index (Phi) is 6.49. The number of carbonyl (C=O) groups is 1. The Morgan fingerprint density at radius 2 is 1.90 bits per heavy atom. The van der Waals surface area contributed by atoms with Crippen molar-refractivity contribution in [2.75, 3.05) is 26.4 Å². The maximum atomic E-state index is 14.2. The van der Waals surface area contributed by atoms with Crippen molar-refractivity contribution in [1.82, 2.24) is 9.88 Å². The number of hydrogen-bond donors (Lipinski definition) is 0. The van der Waals surface area contributed by atoms with E-state index in [0.717, 1.165) is 30.7 Å². The lowest BCUT2D eigenvalue weighted by Gasteiger charge is -2.41. The second-order valence-electron chi connectivity index (χ2n) is 8.71. The molecule has 3 heterocycles. The quantitative estimate of drug-likeness (QED) is 0.726. The molecule has 5 nitrogen and oxygen atoms in total. The lowest BCUT2D eigenvalue weighted by molar-refractivity contribution is -0.143. The molecule has 1 aromatic carbocycles. The fourth-order valence-corrected chi connectivity index (χ4v) is 4.84. The normalized spacial score (nSPS) is 20.8. The largest absolute Gasteiger partial charge is 0.381 e. The molecule has 2 fully saturated rings. The Morgan fingerprint density at radius 3 is 2.53 bits per heavy atom. The zero-order chi connectivity index (χ0) is 21.0. The fraction of sp³-hybridized carbons (Fsp3) is 0.520. The molecule has 0 N–H and O–H groups in total. The van der Waals surface area contributed by atoms with Gasteiger partial charge in [0.1, 0.15) is 0 Å². The van der Waals surface area contributed by atoms with E-state index in [1.807, 2.05) is 23.1 Å². The van der Waals surface area contributed by atoms with Crippen LogP contribution in [-0.2, 0) is 26.2 Å². The summed E-state index contributed by atoms with van der Waals surface area (Å²) in [5, 5.41) is 0. The van der Waals surface area contributed by atoms with Gasteiger partial charge in [0.05, 0.1) is 23.8 Å². The van der Waals surface area contributed by atoms with Gasteiger partial charge in [-0.3, -0.25) is 9.78 Å². The van der Waals surface area contributed by atoms with E-state index in [2.05, 4.69) is 37.0 Å². The van der Waals surface area contributed by atoms with Gasteiger partial charge in [-0.2, -0.15) is 0 Å². The molecule has 5 heteroatoms. The second kappa shape index (κ2) is 9.27. The molecule has 2 aliphatic heterocycles. The molecule has 0 radical (unpaired) electrons. The first-order valence-electron chi connectivity index (χ1n) is 11.0. The number of ether oxygens (including phenoxy) is 2. The van der Waals surface area contributed by atoms with Crippen molar-refractivity contribution in [2.24, 2.45) is 0 Å². The maximum absolute atomic E-state index is 14.2. The van der Waals surface area contributed by atoms with E-state index >= 15 is 0 Å². The van der Waals surface area contributed by atoms with Gasteiger partial charge in [-0.25, -0.2) is 0 Å². The summed E-state index contributed by atoms with van der Waals surface area (Å²) in [6.45, 7) is 7.33. The highest BCUT2D eigenvalue weighted by atomic mass is 16.5. The van der Waals surface area contributed by atoms with Crippen LogP contribution in [-0.4, -0.2) is 48.3 Å². The first-order valence-corrected chi connectivity index (χ1v) is 11.0. The molecule has 0 bridgehead atoms. The predicted octanol–water partition coefficient (Wildman–Crippen LogP) is 3.95. The summed E-state index contributed by atoms with van der Waals surface area (Å²) in [6, 6.07) is 12.4. The number of benzene rings is 1. The molecule has 1 amide bonds. The van der Waals surface area contributed by atoms with Crippen LogP contribution in [0.3, 0.4) is 0 Å². The number of nitrogens with zero attached hydrogens (tertiary/aromatic N) is 2. The van der Waals surface area contributed by atoms with E-state index < -0.39 is 5.41 Å². The van der Waals surface area contributed by atoms with Gasteiger partial charge < -0.3 is 14.4 Å². The first-order chi connectivity index (χ1) is 14.6. The molecule has 0 spiro atoms. The van der Waals surface area contributed by atoms with E-state index in [4.69, 9.17) is 9.47 Å². The minimum Gasteiger partial charge on any atom is -0.381 e. The topological polar surface area (TPSA) is 51.7 Å². The highest BCUT2D eigenvalue weighted by Gasteiger charge is 2.45. The van der Waals surface area contributed by atoms with Crippen molar-refractivity contribution < 1.29 is 14.3 Å². The number of pyridine rings is 1. The van der Waals surface area contributed by atoms with Crippen LogP contribution in [0, 0.1) is 13.8 Å². The Morgan fingerprint density at radius 1 is 1.13 bits per heavy atom. The Bertz CT molecular complexity index is 836. The van der Waals surface area contributed by atoms with E-state index in [0.29, 0.717) is 39.1 Å². The summed E-state index contributed by atoms with van der Waals surface area (Å²) >= 11 is 0. The molecule has 1 aromatic heterocycles. The number of rotatable bonds is 6. The van der Waals surface area contributed by atoms with E-state index in [-0.39, 0.29) is 12.0 Å². The van der Waals surface area contributed by atoms with Crippen molar-refractivity contribution >= 4 is 5.91 Å². The van der Waals surface area contributed by atoms with Crippen molar-refractivity contribution in [3.05, 3.63) is 65.0 Å². The molecule has 2 saturated heterocycles. The van der Waals surface area contributed by atoms with E-state index in [9.17, 15) is 4.79 Å². The minimum atomic E-state index is -0.553. The van der Waals surface area contributed by atoms with Gasteiger partial charge in [0, 0.05) is 32.6 Å². The Hall–Kier alpha value is -2.24. The van der Waals surface area contributed by atoms with Crippen LogP contribution >= 0.6 is 0 Å². The van der Waals surface area contributed by atoms with E-state index in [1.165, 1.54) is 11.1 Å². The molecule has 1 atom stereocenters. The third-order valence-electron chi connectivity index (χ3n) is 6.34. The van der Waals surface area contributed by atoms with Crippen molar-refractivity contribution in [1.29, 1.82) is 0 Å². The highest BCUT2D eigenvalue weighted by molar-refractivity contribution is 5.88. The molecule has 0 aliphatic carbocycles. The van der Waals surface area contributed by atoms with Crippen LogP contribution in [0.15, 0.2) is 42.6 Å². The molecule has 2 aliphatic rings. The van der Waals surface area contributed by atoms with Crippen LogP contribution in [0.5, 0.6) is 0 Å². The minimum absolute atomic E-state index is 0.105. The molecule has 160 valence electrons.